The van der Waals surface area contributed by atoms with Gasteiger partial charge in [0.2, 0.25) is 0 Å². The van der Waals surface area contributed by atoms with Crippen LogP contribution in [0.1, 0.15) is 10.8 Å². The second-order valence-electron chi connectivity index (χ2n) is 2.03. The number of carbonyl (C=O) groups is 1. The fourth-order valence-corrected chi connectivity index (χ4v) is 1.46. The van der Waals surface area contributed by atoms with E-state index >= 15 is 0 Å². The largest absolute Gasteiger partial charge is 0.481 e. The Labute approximate surface area is 67.7 Å². The van der Waals surface area contributed by atoms with Crippen molar-refractivity contribution < 1.29 is 9.90 Å². The normalized spacial score (nSPS) is 12.8. The first kappa shape index (κ1) is 8.16. The number of nitrogens with two attached hydrogens (primary N) is 1. The summed E-state index contributed by atoms with van der Waals surface area (Å²) in [6.07, 6.45) is 1.54. The molecule has 0 saturated carbocycles. The number of aliphatic carboxylic acids is 1. The van der Waals surface area contributed by atoms with E-state index in [1.54, 1.807) is 5.51 Å². The van der Waals surface area contributed by atoms with Gasteiger partial charge in [0.15, 0.2) is 0 Å². The molecule has 3 N–H and O–H groups in total. The summed E-state index contributed by atoms with van der Waals surface area (Å²) in [5.41, 5.74) is 6.86. The van der Waals surface area contributed by atoms with Gasteiger partial charge in [-0.25, -0.2) is 0 Å². The topological polar surface area (TPSA) is 76.2 Å². The molecular formula is C6H8N2O2S. The number of hydrogen-bond acceptors (Lipinski definition) is 4. The molecule has 5 heteroatoms. The lowest BCUT2D eigenvalue weighted by molar-refractivity contribution is -0.138. The van der Waals surface area contributed by atoms with E-state index in [0.29, 0.717) is 4.88 Å². The molecule has 0 aliphatic carbocycles. The fraction of sp³-hybridized carbons (Fsp3) is 0.333. The summed E-state index contributed by atoms with van der Waals surface area (Å²) in [6, 6.07) is 0. The molecule has 0 bridgehead atoms. The molecular weight excluding hydrogens is 164 g/mol. The minimum atomic E-state index is -0.892. The Bertz CT molecular complexity index is 235. The van der Waals surface area contributed by atoms with E-state index in [0.717, 1.165) is 0 Å². The van der Waals surface area contributed by atoms with Crippen LogP contribution in [0.4, 0.5) is 0 Å². The Morgan fingerprint density at radius 2 is 2.64 bits per heavy atom. The summed E-state index contributed by atoms with van der Waals surface area (Å²) in [6.45, 7) is 0.123. The molecule has 0 aromatic carbocycles. The van der Waals surface area contributed by atoms with Crippen LogP contribution in [0.5, 0.6) is 0 Å². The van der Waals surface area contributed by atoms with Crippen LogP contribution in [0.3, 0.4) is 0 Å². The van der Waals surface area contributed by atoms with E-state index in [1.807, 2.05) is 0 Å². The summed E-state index contributed by atoms with van der Waals surface area (Å²) in [7, 11) is 0. The predicted molar refractivity (Wildman–Crippen MR) is 41.5 cm³/mol. The monoisotopic (exact) mass is 172 g/mol. The third-order valence-corrected chi connectivity index (χ3v) is 2.22. The van der Waals surface area contributed by atoms with Crippen molar-refractivity contribution in [2.75, 3.05) is 6.54 Å². The molecule has 1 heterocycles. The number of nitrogens with zero attached hydrogens (tertiary/aromatic N) is 1. The van der Waals surface area contributed by atoms with Gasteiger partial charge in [0.25, 0.3) is 0 Å². The minimum absolute atomic E-state index is 0.123. The van der Waals surface area contributed by atoms with Crippen molar-refractivity contribution in [2.24, 2.45) is 5.73 Å². The van der Waals surface area contributed by atoms with Crippen LogP contribution < -0.4 is 5.73 Å². The molecule has 1 rings (SSSR count). The van der Waals surface area contributed by atoms with Gasteiger partial charge in [-0.15, -0.1) is 11.3 Å². The molecule has 1 aromatic heterocycles. The first-order valence-electron chi connectivity index (χ1n) is 3.07. The Hall–Kier alpha value is -0.940. The summed E-state index contributed by atoms with van der Waals surface area (Å²) in [5, 5.41) is 8.64. The molecule has 0 aliphatic heterocycles. The zero-order valence-corrected chi connectivity index (χ0v) is 6.54. The average Bonchev–Trinajstić information content (AvgIpc) is 2.40. The fourth-order valence-electron chi connectivity index (χ4n) is 0.736. The Morgan fingerprint density at radius 1 is 1.91 bits per heavy atom. The average molecular weight is 172 g/mol. The van der Waals surface area contributed by atoms with Gasteiger partial charge >= 0.3 is 5.97 Å². The number of rotatable bonds is 3. The Kier molecular flexibility index (Phi) is 2.56. The van der Waals surface area contributed by atoms with Crippen molar-refractivity contribution in [3.8, 4) is 0 Å². The lowest BCUT2D eigenvalue weighted by Crippen LogP contribution is -2.19. The predicted octanol–water partition coefficient (Wildman–Crippen LogP) is 0.270. The molecule has 0 fully saturated rings. The quantitative estimate of drug-likeness (QED) is 0.686. The second kappa shape index (κ2) is 3.45. The maximum Gasteiger partial charge on any atom is 0.313 e. The molecule has 11 heavy (non-hydrogen) atoms. The van der Waals surface area contributed by atoms with Gasteiger partial charge < -0.3 is 10.8 Å². The highest BCUT2D eigenvalue weighted by molar-refractivity contribution is 7.09. The van der Waals surface area contributed by atoms with Gasteiger partial charge in [-0.1, -0.05) is 0 Å². The van der Waals surface area contributed by atoms with Crippen LogP contribution in [0.25, 0.3) is 0 Å². The Balaban J connectivity index is 2.79. The van der Waals surface area contributed by atoms with E-state index in [2.05, 4.69) is 4.98 Å². The lowest BCUT2D eigenvalue weighted by Gasteiger charge is -2.04. The van der Waals surface area contributed by atoms with Crippen molar-refractivity contribution in [2.45, 2.75) is 5.92 Å². The van der Waals surface area contributed by atoms with Gasteiger partial charge in [0, 0.05) is 17.6 Å². The highest BCUT2D eigenvalue weighted by atomic mass is 32.1. The molecule has 0 aliphatic rings. The van der Waals surface area contributed by atoms with Crippen molar-refractivity contribution in [3.05, 3.63) is 16.6 Å². The van der Waals surface area contributed by atoms with Gasteiger partial charge in [0.05, 0.1) is 5.51 Å². The molecule has 1 atom stereocenters. The van der Waals surface area contributed by atoms with Crippen molar-refractivity contribution in [3.63, 3.8) is 0 Å². The van der Waals surface area contributed by atoms with E-state index in [-0.39, 0.29) is 6.54 Å². The van der Waals surface area contributed by atoms with Crippen molar-refractivity contribution >= 4 is 17.3 Å². The molecule has 4 nitrogen and oxygen atoms in total. The third kappa shape index (κ3) is 1.75. The number of aromatic nitrogens is 1. The number of thiazole rings is 1. The SMILES string of the molecule is NCC(C(=O)O)c1cncs1. The lowest BCUT2D eigenvalue weighted by atomic mass is 10.1. The molecule has 0 amide bonds. The van der Waals surface area contributed by atoms with Crippen LogP contribution in [-0.2, 0) is 4.79 Å². The van der Waals surface area contributed by atoms with E-state index in [1.165, 1.54) is 17.5 Å². The number of carboxylic acids is 1. The minimum Gasteiger partial charge on any atom is -0.481 e. The van der Waals surface area contributed by atoms with E-state index in [4.69, 9.17) is 10.8 Å². The van der Waals surface area contributed by atoms with Crippen LogP contribution in [0.2, 0.25) is 0 Å². The van der Waals surface area contributed by atoms with Crippen molar-refractivity contribution in [1.82, 2.24) is 4.98 Å². The summed E-state index contributed by atoms with van der Waals surface area (Å²) >= 11 is 1.31. The first-order chi connectivity index (χ1) is 5.25. The highest BCUT2D eigenvalue weighted by Crippen LogP contribution is 2.18. The van der Waals surface area contributed by atoms with Crippen molar-refractivity contribution in [1.29, 1.82) is 0 Å². The molecule has 0 saturated heterocycles. The zero-order valence-electron chi connectivity index (χ0n) is 5.73. The van der Waals surface area contributed by atoms with Crippen LogP contribution in [-0.4, -0.2) is 22.6 Å². The Morgan fingerprint density at radius 3 is 3.00 bits per heavy atom. The van der Waals surface area contributed by atoms with Gasteiger partial charge in [-0.05, 0) is 0 Å². The molecule has 60 valence electrons. The summed E-state index contributed by atoms with van der Waals surface area (Å²) in [4.78, 5) is 15.0. The van der Waals surface area contributed by atoms with Gasteiger partial charge in [-0.2, -0.15) is 0 Å². The van der Waals surface area contributed by atoms with Crippen LogP contribution in [0.15, 0.2) is 11.7 Å². The number of hydrogen-bond donors (Lipinski definition) is 2. The number of carboxylic acid groups (broad SMARTS) is 1. The third-order valence-electron chi connectivity index (χ3n) is 1.33. The van der Waals surface area contributed by atoms with Crippen LogP contribution >= 0.6 is 11.3 Å². The summed E-state index contributed by atoms with van der Waals surface area (Å²) < 4.78 is 0. The highest BCUT2D eigenvalue weighted by Gasteiger charge is 2.18. The first-order valence-corrected chi connectivity index (χ1v) is 3.95. The van der Waals surface area contributed by atoms with E-state index in [9.17, 15) is 4.79 Å². The maximum absolute atomic E-state index is 10.5. The molecule has 1 aromatic rings. The molecule has 0 radical (unpaired) electrons. The molecule has 0 spiro atoms. The summed E-state index contributed by atoms with van der Waals surface area (Å²) in [5.74, 6) is -1.49. The second-order valence-corrected chi connectivity index (χ2v) is 2.95. The smallest absolute Gasteiger partial charge is 0.313 e. The van der Waals surface area contributed by atoms with E-state index < -0.39 is 11.9 Å². The zero-order chi connectivity index (χ0) is 8.27. The standard InChI is InChI=1S/C6H8N2O2S/c7-1-4(6(9)10)5-2-8-3-11-5/h2-4H,1,7H2,(H,9,10). The van der Waals surface area contributed by atoms with Crippen LogP contribution in [0, 0.1) is 0 Å². The molecule has 1 unspecified atom stereocenters. The van der Waals surface area contributed by atoms with Gasteiger partial charge in [-0.3, -0.25) is 9.78 Å². The maximum atomic E-state index is 10.5. The van der Waals surface area contributed by atoms with Gasteiger partial charge in [0.1, 0.15) is 5.92 Å².